The monoisotopic (exact) mass is 446 g/mol. The van der Waals surface area contributed by atoms with Gasteiger partial charge in [0.1, 0.15) is 11.3 Å². The van der Waals surface area contributed by atoms with Crippen molar-refractivity contribution in [2.45, 2.75) is 37.8 Å². The van der Waals surface area contributed by atoms with Crippen LogP contribution in [0.1, 0.15) is 25.3 Å². The molecule has 3 amide bonds. The zero-order valence-corrected chi connectivity index (χ0v) is 20.2. The smallest absolute Gasteiger partial charge is 0.327 e. The van der Waals surface area contributed by atoms with E-state index in [2.05, 4.69) is 11.8 Å². The van der Waals surface area contributed by atoms with Gasteiger partial charge in [-0.15, -0.1) is 0 Å². The molecule has 0 bridgehead atoms. The number of nitrogens with zero attached hydrogens (tertiary/aromatic N) is 4. The van der Waals surface area contributed by atoms with Gasteiger partial charge < -0.3 is 19.3 Å². The Morgan fingerprint density at radius 3 is 2.28 bits per heavy atom. The molecule has 8 heteroatoms. The van der Waals surface area contributed by atoms with Crippen LogP contribution in [0.3, 0.4) is 0 Å². The van der Waals surface area contributed by atoms with Gasteiger partial charge in [-0.1, -0.05) is 12.1 Å². The lowest BCUT2D eigenvalue weighted by Gasteiger charge is -2.44. The third-order valence-corrected chi connectivity index (χ3v) is 6.83. The summed E-state index contributed by atoms with van der Waals surface area (Å²) in [4.78, 5) is 34.7. The normalized spacial score (nSPS) is 19.9. The molecule has 0 radical (unpaired) electrons. The van der Waals surface area contributed by atoms with Crippen LogP contribution in [0.4, 0.5) is 4.79 Å². The average molecular weight is 447 g/mol. The number of piperidine rings is 1. The van der Waals surface area contributed by atoms with Crippen molar-refractivity contribution in [1.29, 1.82) is 0 Å². The maximum absolute atomic E-state index is 13.6. The molecule has 0 unspecified atom stereocenters. The number of ether oxygens (including phenoxy) is 2. The largest absolute Gasteiger partial charge is 0.497 e. The number of amides is 3. The number of hydrogen-bond acceptors (Lipinski definition) is 6. The molecule has 2 saturated heterocycles. The predicted molar refractivity (Wildman–Crippen MR) is 124 cm³/mol. The Morgan fingerprint density at radius 2 is 1.72 bits per heavy atom. The molecule has 2 aliphatic heterocycles. The van der Waals surface area contributed by atoms with Gasteiger partial charge in [0.2, 0.25) is 0 Å². The fraction of sp³-hybridized carbons (Fsp3) is 0.667. The first kappa shape index (κ1) is 24.5. The number of likely N-dealkylation sites (N-methyl/N-ethyl adjacent to an activating group) is 1. The van der Waals surface area contributed by atoms with E-state index in [4.69, 9.17) is 9.47 Å². The first-order valence-corrected chi connectivity index (χ1v) is 11.5. The number of urea groups is 1. The van der Waals surface area contributed by atoms with Gasteiger partial charge >= 0.3 is 6.03 Å². The highest BCUT2D eigenvalue weighted by atomic mass is 16.5. The van der Waals surface area contributed by atoms with E-state index < -0.39 is 5.54 Å². The molecule has 0 aliphatic carbocycles. The summed E-state index contributed by atoms with van der Waals surface area (Å²) in [5.41, 5.74) is 0.387. The van der Waals surface area contributed by atoms with Crippen LogP contribution in [0.2, 0.25) is 0 Å². The average Bonchev–Trinajstić information content (AvgIpc) is 2.97. The van der Waals surface area contributed by atoms with Crippen LogP contribution in [0.25, 0.3) is 0 Å². The molecular formula is C24H38N4O4. The van der Waals surface area contributed by atoms with Crippen LogP contribution in [0, 0.1) is 0 Å². The minimum atomic E-state index is -0.737. The molecule has 2 heterocycles. The lowest BCUT2D eigenvalue weighted by molar-refractivity contribution is -0.136. The van der Waals surface area contributed by atoms with Crippen molar-refractivity contribution < 1.29 is 19.1 Å². The van der Waals surface area contributed by atoms with Gasteiger partial charge in [0.25, 0.3) is 5.91 Å². The van der Waals surface area contributed by atoms with Crippen LogP contribution >= 0.6 is 0 Å². The van der Waals surface area contributed by atoms with Crippen LogP contribution in [-0.2, 0) is 16.0 Å². The number of hydrogen-bond donors (Lipinski definition) is 0. The predicted octanol–water partition coefficient (Wildman–Crippen LogP) is 1.93. The van der Waals surface area contributed by atoms with Crippen LogP contribution in [0.5, 0.6) is 5.75 Å². The summed E-state index contributed by atoms with van der Waals surface area (Å²) in [7, 11) is 7.27. The molecule has 2 aliphatic rings. The standard InChI is InChI=1S/C24H38N4O4/c1-19(18-31-4)26-14-11-24(12-15-26)22(29)27(17-16-25(2)3)23(30)28(24)13-10-20-6-8-21(32-5)9-7-20/h6-9,19H,10-18H2,1-5H3/t19-/m1/s1. The molecule has 178 valence electrons. The third-order valence-electron chi connectivity index (χ3n) is 6.83. The van der Waals surface area contributed by atoms with E-state index in [1.807, 2.05) is 48.2 Å². The molecule has 2 fully saturated rings. The Labute approximate surface area is 192 Å². The first-order valence-electron chi connectivity index (χ1n) is 11.5. The Morgan fingerprint density at radius 1 is 1.06 bits per heavy atom. The van der Waals surface area contributed by atoms with E-state index in [0.29, 0.717) is 51.5 Å². The molecule has 3 rings (SSSR count). The number of benzene rings is 1. The van der Waals surface area contributed by atoms with Crippen molar-refractivity contribution in [3.8, 4) is 5.75 Å². The Bertz CT molecular complexity index is 775. The first-order chi connectivity index (χ1) is 15.3. The second kappa shape index (κ2) is 10.6. The number of imide groups is 1. The Hall–Kier alpha value is -2.16. The van der Waals surface area contributed by atoms with Gasteiger partial charge in [-0.25, -0.2) is 4.79 Å². The molecule has 1 spiro atoms. The molecule has 1 aromatic rings. The minimum absolute atomic E-state index is 0.0295. The molecule has 0 N–H and O–H groups in total. The van der Waals surface area contributed by atoms with Gasteiger partial charge in [-0.2, -0.15) is 0 Å². The van der Waals surface area contributed by atoms with Crippen molar-refractivity contribution in [2.75, 3.05) is 67.6 Å². The third kappa shape index (κ3) is 5.08. The molecule has 0 aromatic heterocycles. The molecule has 8 nitrogen and oxygen atoms in total. The van der Waals surface area contributed by atoms with Crippen LogP contribution in [0.15, 0.2) is 24.3 Å². The number of rotatable bonds is 10. The van der Waals surface area contributed by atoms with Gasteiger partial charge in [0.05, 0.1) is 13.7 Å². The number of carbonyl (C=O) groups is 2. The van der Waals surface area contributed by atoms with E-state index in [0.717, 1.165) is 24.4 Å². The van der Waals surface area contributed by atoms with E-state index in [-0.39, 0.29) is 11.9 Å². The van der Waals surface area contributed by atoms with Gasteiger partial charge in [-0.05, 0) is 58.0 Å². The van der Waals surface area contributed by atoms with E-state index in [9.17, 15) is 9.59 Å². The zero-order chi connectivity index (χ0) is 23.3. The maximum Gasteiger partial charge on any atom is 0.327 e. The fourth-order valence-corrected chi connectivity index (χ4v) is 4.79. The number of methoxy groups -OCH3 is 2. The Balaban J connectivity index is 1.77. The quantitative estimate of drug-likeness (QED) is 0.512. The summed E-state index contributed by atoms with van der Waals surface area (Å²) >= 11 is 0. The second-order valence-corrected chi connectivity index (χ2v) is 9.16. The molecule has 32 heavy (non-hydrogen) atoms. The Kier molecular flexibility index (Phi) is 8.14. The highest BCUT2D eigenvalue weighted by molar-refractivity contribution is 6.07. The summed E-state index contributed by atoms with van der Waals surface area (Å²) in [6.45, 7) is 5.99. The van der Waals surface area contributed by atoms with Gasteiger partial charge in [0.15, 0.2) is 0 Å². The lowest BCUT2D eigenvalue weighted by Crippen LogP contribution is -2.58. The van der Waals surface area contributed by atoms with E-state index in [1.165, 1.54) is 4.90 Å². The number of carbonyl (C=O) groups excluding carboxylic acids is 2. The summed E-state index contributed by atoms with van der Waals surface area (Å²) in [6, 6.07) is 8.05. The van der Waals surface area contributed by atoms with Crippen molar-refractivity contribution in [2.24, 2.45) is 0 Å². The zero-order valence-electron chi connectivity index (χ0n) is 20.2. The summed E-state index contributed by atoms with van der Waals surface area (Å²) < 4.78 is 10.6. The minimum Gasteiger partial charge on any atom is -0.497 e. The van der Waals surface area contributed by atoms with E-state index >= 15 is 0 Å². The molecule has 0 saturated carbocycles. The molecular weight excluding hydrogens is 408 g/mol. The van der Waals surface area contributed by atoms with Crippen molar-refractivity contribution >= 4 is 11.9 Å². The molecule has 1 aromatic carbocycles. The van der Waals surface area contributed by atoms with Crippen molar-refractivity contribution in [3.05, 3.63) is 29.8 Å². The van der Waals surface area contributed by atoms with Gasteiger partial charge in [0, 0.05) is 45.9 Å². The highest BCUT2D eigenvalue weighted by Crippen LogP contribution is 2.38. The lowest BCUT2D eigenvalue weighted by atomic mass is 9.85. The maximum atomic E-state index is 13.6. The SMILES string of the molecule is COC[C@@H](C)N1CCC2(CC1)C(=O)N(CCN(C)C)C(=O)N2CCc1ccc(OC)cc1. The van der Waals surface area contributed by atoms with Crippen LogP contribution < -0.4 is 4.74 Å². The molecule has 1 atom stereocenters. The van der Waals surface area contributed by atoms with Gasteiger partial charge in [-0.3, -0.25) is 14.6 Å². The fourth-order valence-electron chi connectivity index (χ4n) is 4.79. The van der Waals surface area contributed by atoms with E-state index in [1.54, 1.807) is 14.2 Å². The topological polar surface area (TPSA) is 65.6 Å². The summed E-state index contributed by atoms with van der Waals surface area (Å²) in [6.07, 6.45) is 2.02. The van der Waals surface area contributed by atoms with Crippen LogP contribution in [-0.4, -0.2) is 111 Å². The van der Waals surface area contributed by atoms with Crippen molar-refractivity contribution in [1.82, 2.24) is 19.6 Å². The highest BCUT2D eigenvalue weighted by Gasteiger charge is 2.57. The number of likely N-dealkylation sites (tertiary alicyclic amines) is 1. The summed E-state index contributed by atoms with van der Waals surface area (Å²) in [5.74, 6) is 0.781. The van der Waals surface area contributed by atoms with Crippen molar-refractivity contribution in [3.63, 3.8) is 0 Å². The second-order valence-electron chi connectivity index (χ2n) is 9.16. The summed E-state index contributed by atoms with van der Waals surface area (Å²) in [5, 5.41) is 0.